The second-order valence-corrected chi connectivity index (χ2v) is 6.88. The van der Waals surface area contributed by atoms with Crippen LogP contribution in [0.4, 0.5) is 5.82 Å². The Labute approximate surface area is 125 Å². The molecule has 0 fully saturated rings. The van der Waals surface area contributed by atoms with Crippen molar-refractivity contribution in [3.05, 3.63) is 38.2 Å². The lowest BCUT2D eigenvalue weighted by Crippen LogP contribution is -1.93. The zero-order valence-electron chi connectivity index (χ0n) is 9.45. The third-order valence-corrected chi connectivity index (χ3v) is 5.49. The number of rotatable bonds is 1. The molecule has 92 valence electrons. The Morgan fingerprint density at radius 3 is 2.72 bits per heavy atom. The number of thiophene rings is 1. The summed E-state index contributed by atoms with van der Waals surface area (Å²) in [6.07, 6.45) is 1.92. The van der Waals surface area contributed by atoms with Crippen molar-refractivity contribution in [2.45, 2.75) is 6.92 Å². The van der Waals surface area contributed by atoms with Crippen molar-refractivity contribution in [1.29, 1.82) is 0 Å². The zero-order valence-corrected chi connectivity index (χ0v) is 13.4. The molecule has 3 rings (SSSR count). The van der Waals surface area contributed by atoms with Crippen molar-refractivity contribution < 1.29 is 0 Å². The SMILES string of the molecule is Cc1sc(-c2nc3c(Br)cccn3c2N)cc1Br. The smallest absolute Gasteiger partial charge is 0.153 e. The molecule has 3 aromatic heterocycles. The Morgan fingerprint density at radius 1 is 1.33 bits per heavy atom. The second-order valence-electron chi connectivity index (χ2n) is 3.91. The number of halogens is 2. The molecule has 0 saturated carbocycles. The number of nitrogen functional groups attached to an aromatic ring is 1. The van der Waals surface area contributed by atoms with E-state index < -0.39 is 0 Å². The largest absolute Gasteiger partial charge is 0.383 e. The monoisotopic (exact) mass is 385 g/mol. The first-order valence-electron chi connectivity index (χ1n) is 5.26. The van der Waals surface area contributed by atoms with Gasteiger partial charge in [-0.3, -0.25) is 4.40 Å². The maximum atomic E-state index is 6.17. The summed E-state index contributed by atoms with van der Waals surface area (Å²) in [5, 5.41) is 0. The molecular formula is C12H9Br2N3S. The third-order valence-electron chi connectivity index (χ3n) is 2.73. The van der Waals surface area contributed by atoms with Gasteiger partial charge in [0.1, 0.15) is 11.5 Å². The van der Waals surface area contributed by atoms with Gasteiger partial charge >= 0.3 is 0 Å². The van der Waals surface area contributed by atoms with Crippen molar-refractivity contribution >= 4 is 54.7 Å². The average molecular weight is 387 g/mol. The fraction of sp³-hybridized carbons (Fsp3) is 0.0833. The highest BCUT2D eigenvalue weighted by Gasteiger charge is 2.15. The lowest BCUT2D eigenvalue weighted by atomic mass is 10.3. The molecule has 3 heterocycles. The van der Waals surface area contributed by atoms with E-state index >= 15 is 0 Å². The molecule has 0 atom stereocenters. The van der Waals surface area contributed by atoms with Crippen molar-refractivity contribution in [1.82, 2.24) is 9.38 Å². The maximum absolute atomic E-state index is 6.17. The molecule has 0 aliphatic carbocycles. The normalized spacial score (nSPS) is 11.3. The molecule has 0 bridgehead atoms. The molecule has 0 amide bonds. The van der Waals surface area contributed by atoms with Gasteiger partial charge in [-0.25, -0.2) is 4.98 Å². The minimum Gasteiger partial charge on any atom is -0.383 e. The summed E-state index contributed by atoms with van der Waals surface area (Å²) >= 11 is 8.70. The topological polar surface area (TPSA) is 43.3 Å². The molecule has 3 aromatic rings. The van der Waals surface area contributed by atoms with Crippen LogP contribution in [0.1, 0.15) is 4.88 Å². The van der Waals surface area contributed by atoms with E-state index in [0.717, 1.165) is 25.2 Å². The van der Waals surface area contributed by atoms with E-state index in [4.69, 9.17) is 5.73 Å². The van der Waals surface area contributed by atoms with E-state index in [1.807, 2.05) is 22.7 Å². The molecule has 0 radical (unpaired) electrons. The van der Waals surface area contributed by atoms with E-state index in [-0.39, 0.29) is 0 Å². The summed E-state index contributed by atoms with van der Waals surface area (Å²) < 4.78 is 3.93. The molecular weight excluding hydrogens is 378 g/mol. The van der Waals surface area contributed by atoms with Crippen LogP contribution < -0.4 is 5.73 Å². The maximum Gasteiger partial charge on any atom is 0.153 e. The number of fused-ring (bicyclic) bond motifs is 1. The van der Waals surface area contributed by atoms with Gasteiger partial charge in [0.2, 0.25) is 0 Å². The van der Waals surface area contributed by atoms with Gasteiger partial charge < -0.3 is 5.73 Å². The molecule has 18 heavy (non-hydrogen) atoms. The summed E-state index contributed by atoms with van der Waals surface area (Å²) in [4.78, 5) is 6.92. The standard InChI is InChI=1S/C12H9Br2N3S/c1-6-8(14)5-9(18-6)10-11(15)17-4-2-3-7(13)12(17)16-10/h2-5H,15H2,1H3. The summed E-state index contributed by atoms with van der Waals surface area (Å²) in [6.45, 7) is 2.07. The Kier molecular flexibility index (Phi) is 2.96. The van der Waals surface area contributed by atoms with Crippen LogP contribution >= 0.6 is 43.2 Å². The lowest BCUT2D eigenvalue weighted by molar-refractivity contribution is 1.19. The van der Waals surface area contributed by atoms with Gasteiger partial charge in [0.05, 0.1) is 9.35 Å². The van der Waals surface area contributed by atoms with Crippen LogP contribution in [0.2, 0.25) is 0 Å². The molecule has 0 unspecified atom stereocenters. The summed E-state index contributed by atoms with van der Waals surface area (Å²) in [6, 6.07) is 5.96. The molecule has 0 saturated heterocycles. The number of hydrogen-bond acceptors (Lipinski definition) is 3. The van der Waals surface area contributed by atoms with Gasteiger partial charge in [-0.1, -0.05) is 0 Å². The summed E-state index contributed by atoms with van der Waals surface area (Å²) in [7, 11) is 0. The number of nitrogens with two attached hydrogens (primary N) is 1. The van der Waals surface area contributed by atoms with Gasteiger partial charge in [0, 0.05) is 15.5 Å². The van der Waals surface area contributed by atoms with Crippen LogP contribution in [0.15, 0.2) is 33.3 Å². The van der Waals surface area contributed by atoms with Crippen LogP contribution in [-0.4, -0.2) is 9.38 Å². The average Bonchev–Trinajstić information content (AvgIpc) is 2.83. The van der Waals surface area contributed by atoms with E-state index in [2.05, 4.69) is 49.8 Å². The van der Waals surface area contributed by atoms with Crippen LogP contribution in [-0.2, 0) is 0 Å². The van der Waals surface area contributed by atoms with E-state index in [9.17, 15) is 0 Å². The van der Waals surface area contributed by atoms with E-state index in [1.54, 1.807) is 11.3 Å². The minimum atomic E-state index is 0.667. The first-order valence-corrected chi connectivity index (χ1v) is 7.66. The predicted molar refractivity (Wildman–Crippen MR) is 83.1 cm³/mol. The van der Waals surface area contributed by atoms with Gasteiger partial charge in [-0.15, -0.1) is 11.3 Å². The number of aromatic nitrogens is 2. The number of aryl methyl sites for hydroxylation is 1. The number of nitrogens with zero attached hydrogens (tertiary/aromatic N) is 2. The number of imidazole rings is 1. The quantitative estimate of drug-likeness (QED) is 0.670. The van der Waals surface area contributed by atoms with Crippen molar-refractivity contribution in [2.75, 3.05) is 5.73 Å². The van der Waals surface area contributed by atoms with Crippen molar-refractivity contribution in [2.24, 2.45) is 0 Å². The van der Waals surface area contributed by atoms with Gasteiger partial charge in [-0.05, 0) is 57.0 Å². The highest BCUT2D eigenvalue weighted by Crippen LogP contribution is 2.37. The fourth-order valence-electron chi connectivity index (χ4n) is 1.81. The fourth-order valence-corrected chi connectivity index (χ4v) is 3.78. The van der Waals surface area contributed by atoms with Gasteiger partial charge in [-0.2, -0.15) is 0 Å². The Balaban J connectivity index is 2.30. The number of anilines is 1. The van der Waals surface area contributed by atoms with Crippen LogP contribution in [0, 0.1) is 6.92 Å². The zero-order chi connectivity index (χ0) is 12.9. The van der Waals surface area contributed by atoms with Gasteiger partial charge in [0.25, 0.3) is 0 Å². The minimum absolute atomic E-state index is 0.667. The van der Waals surface area contributed by atoms with Crippen LogP contribution in [0.5, 0.6) is 0 Å². The second kappa shape index (κ2) is 4.36. The molecule has 3 nitrogen and oxygen atoms in total. The molecule has 6 heteroatoms. The molecule has 0 aliphatic rings. The highest BCUT2D eigenvalue weighted by molar-refractivity contribution is 9.11. The third kappa shape index (κ3) is 1.79. The number of pyridine rings is 1. The van der Waals surface area contributed by atoms with Gasteiger partial charge in [0.15, 0.2) is 5.65 Å². The highest BCUT2D eigenvalue weighted by atomic mass is 79.9. The Bertz CT molecular complexity index is 726. The van der Waals surface area contributed by atoms with Crippen molar-refractivity contribution in [3.8, 4) is 10.6 Å². The predicted octanol–water partition coefficient (Wildman–Crippen LogP) is 4.48. The molecule has 0 aliphatic heterocycles. The summed E-state index contributed by atoms with van der Waals surface area (Å²) in [5.74, 6) is 0.667. The first kappa shape index (κ1) is 12.2. The Morgan fingerprint density at radius 2 is 2.11 bits per heavy atom. The molecule has 2 N–H and O–H groups in total. The molecule has 0 spiro atoms. The number of hydrogen-bond donors (Lipinski definition) is 1. The Hall–Kier alpha value is -0.850. The van der Waals surface area contributed by atoms with E-state index in [1.165, 1.54) is 4.88 Å². The van der Waals surface area contributed by atoms with Crippen molar-refractivity contribution in [3.63, 3.8) is 0 Å². The summed E-state index contributed by atoms with van der Waals surface area (Å²) in [5.41, 5.74) is 7.84. The van der Waals surface area contributed by atoms with E-state index in [0.29, 0.717) is 5.82 Å². The van der Waals surface area contributed by atoms with Crippen LogP contribution in [0.25, 0.3) is 16.2 Å². The lowest BCUT2D eigenvalue weighted by Gasteiger charge is -1.96. The van der Waals surface area contributed by atoms with Crippen LogP contribution in [0.3, 0.4) is 0 Å². The molecule has 0 aromatic carbocycles. The first-order chi connectivity index (χ1) is 8.58.